The standard InChI is InChI=1S/C8H16Si/c1-5-6-7-9-8(2,3)4/h5-7,9H,1-4H3. The third kappa shape index (κ3) is 7.83. The normalized spacial score (nSPS) is 13.8. The molecule has 52 valence electrons. The van der Waals surface area contributed by atoms with Crippen molar-refractivity contribution in [3.05, 3.63) is 12.2 Å². The number of hydrogen-bond acceptors (Lipinski definition) is 0. The fourth-order valence-corrected chi connectivity index (χ4v) is 1.37. The zero-order valence-corrected chi connectivity index (χ0v) is 7.96. The number of rotatable bonds is 1. The second-order valence-electron chi connectivity index (χ2n) is 3.25. The van der Waals surface area contributed by atoms with Gasteiger partial charge in [-0.05, 0) is 21.1 Å². The predicted molar refractivity (Wildman–Crippen MR) is 47.7 cm³/mol. The second kappa shape index (κ2) is 3.78. The van der Waals surface area contributed by atoms with Crippen LogP contribution in [0, 0.1) is 0 Å². The summed E-state index contributed by atoms with van der Waals surface area (Å²) in [5.74, 6) is 0. The lowest BCUT2D eigenvalue weighted by atomic mass is 10.3. The van der Waals surface area contributed by atoms with Crippen LogP contribution in [0.15, 0.2) is 12.2 Å². The highest BCUT2D eigenvalue weighted by molar-refractivity contribution is 6.51. The van der Waals surface area contributed by atoms with Gasteiger partial charge in [-0.2, -0.15) is 0 Å². The molecular weight excluding hydrogens is 124 g/mol. The first-order chi connectivity index (χ1) is 4.06. The van der Waals surface area contributed by atoms with Crippen LogP contribution in [0.5, 0.6) is 0 Å². The molecule has 0 radical (unpaired) electrons. The zero-order chi connectivity index (χ0) is 7.33. The van der Waals surface area contributed by atoms with Crippen molar-refractivity contribution in [1.29, 1.82) is 0 Å². The Labute approximate surface area is 60.4 Å². The van der Waals surface area contributed by atoms with Gasteiger partial charge in [-0.3, -0.25) is 0 Å². The van der Waals surface area contributed by atoms with Crippen molar-refractivity contribution in [2.75, 3.05) is 0 Å². The van der Waals surface area contributed by atoms with E-state index in [-0.39, 0.29) is 0 Å². The highest BCUT2D eigenvalue weighted by atomic mass is 28.2. The molecule has 0 aromatic carbocycles. The Morgan fingerprint density at radius 1 is 1.22 bits per heavy atom. The highest BCUT2D eigenvalue weighted by Crippen LogP contribution is 2.15. The summed E-state index contributed by atoms with van der Waals surface area (Å²) in [5.41, 5.74) is 2.29. The van der Waals surface area contributed by atoms with E-state index in [0.29, 0.717) is 14.2 Å². The average Bonchev–Trinajstić information content (AvgIpc) is 1.63. The van der Waals surface area contributed by atoms with Gasteiger partial charge in [0.2, 0.25) is 0 Å². The van der Waals surface area contributed by atoms with E-state index in [1.54, 1.807) is 0 Å². The van der Waals surface area contributed by atoms with Gasteiger partial charge in [0, 0.05) is 0 Å². The predicted octanol–water partition coefficient (Wildman–Crippen LogP) is 2.02. The van der Waals surface area contributed by atoms with E-state index in [1.165, 1.54) is 0 Å². The topological polar surface area (TPSA) is 0 Å². The summed E-state index contributed by atoms with van der Waals surface area (Å²) in [6.07, 6.45) is 4.22. The van der Waals surface area contributed by atoms with E-state index in [4.69, 9.17) is 0 Å². The van der Waals surface area contributed by atoms with Crippen LogP contribution < -0.4 is 0 Å². The molecule has 0 aromatic rings. The molecule has 0 aromatic heterocycles. The summed E-state index contributed by atoms with van der Waals surface area (Å²) in [7, 11) is 0.482. The quantitative estimate of drug-likeness (QED) is 0.489. The van der Waals surface area contributed by atoms with Crippen LogP contribution in [-0.2, 0) is 0 Å². The molecule has 0 spiro atoms. The summed E-state index contributed by atoms with van der Waals surface area (Å²) in [4.78, 5) is 0. The Hall–Kier alpha value is -0.173. The highest BCUT2D eigenvalue weighted by Gasteiger charge is 2.01. The maximum absolute atomic E-state index is 2.29. The first kappa shape index (κ1) is 8.83. The van der Waals surface area contributed by atoms with Crippen molar-refractivity contribution in [2.45, 2.75) is 32.7 Å². The molecule has 0 saturated heterocycles. The fraction of sp³-hybridized carbons (Fsp3) is 0.625. The van der Waals surface area contributed by atoms with Gasteiger partial charge in [0.05, 0.1) is 0 Å². The molecule has 0 fully saturated rings. The van der Waals surface area contributed by atoms with E-state index >= 15 is 0 Å². The molecule has 0 unspecified atom stereocenters. The number of hydrogen-bond donors (Lipinski definition) is 0. The summed E-state index contributed by atoms with van der Waals surface area (Å²) < 4.78 is 0. The molecule has 0 saturated carbocycles. The first-order valence-corrected chi connectivity index (χ1v) is 4.61. The van der Waals surface area contributed by atoms with Gasteiger partial charge in [-0.1, -0.05) is 38.6 Å². The van der Waals surface area contributed by atoms with Crippen LogP contribution in [0.4, 0.5) is 0 Å². The minimum atomic E-state index is 0.482. The first-order valence-electron chi connectivity index (χ1n) is 3.37. The summed E-state index contributed by atoms with van der Waals surface area (Å²) in [5, 5.41) is 0.527. The summed E-state index contributed by atoms with van der Waals surface area (Å²) >= 11 is 0. The minimum absolute atomic E-state index is 0.482. The Bertz CT molecular complexity index is 115. The molecule has 0 aliphatic rings. The van der Waals surface area contributed by atoms with Crippen molar-refractivity contribution < 1.29 is 0 Å². The van der Waals surface area contributed by atoms with Crippen LogP contribution in [0.25, 0.3) is 0 Å². The Kier molecular flexibility index (Phi) is 3.70. The van der Waals surface area contributed by atoms with Gasteiger partial charge in [0.25, 0.3) is 0 Å². The van der Waals surface area contributed by atoms with Gasteiger partial charge in [-0.15, -0.1) is 0 Å². The van der Waals surface area contributed by atoms with E-state index < -0.39 is 0 Å². The average molecular weight is 140 g/mol. The van der Waals surface area contributed by atoms with E-state index in [0.717, 1.165) is 0 Å². The third-order valence-electron chi connectivity index (χ3n) is 0.900. The molecule has 9 heavy (non-hydrogen) atoms. The van der Waals surface area contributed by atoms with Crippen LogP contribution in [-0.4, -0.2) is 14.8 Å². The van der Waals surface area contributed by atoms with Crippen molar-refractivity contribution in [2.24, 2.45) is 0 Å². The summed E-state index contributed by atoms with van der Waals surface area (Å²) in [6, 6.07) is 0. The largest absolute Gasteiger partial charge is 0.0881 e. The SMILES string of the molecule is CC=CC=[SiH]C(C)(C)C. The van der Waals surface area contributed by atoms with Crippen molar-refractivity contribution in [3.63, 3.8) is 0 Å². The smallest absolute Gasteiger partial charge is 0.00115 e. The van der Waals surface area contributed by atoms with Crippen LogP contribution >= 0.6 is 0 Å². The lowest BCUT2D eigenvalue weighted by Crippen LogP contribution is -2.01. The van der Waals surface area contributed by atoms with Crippen LogP contribution in [0.2, 0.25) is 5.04 Å². The van der Waals surface area contributed by atoms with Gasteiger partial charge in [-0.25, -0.2) is 0 Å². The molecular formula is C8H16Si. The third-order valence-corrected chi connectivity index (χ3v) is 2.31. The van der Waals surface area contributed by atoms with Crippen LogP contribution in [0.3, 0.4) is 0 Å². The molecule has 0 bridgehead atoms. The Morgan fingerprint density at radius 2 is 1.78 bits per heavy atom. The van der Waals surface area contributed by atoms with Crippen molar-refractivity contribution in [3.8, 4) is 0 Å². The summed E-state index contributed by atoms with van der Waals surface area (Å²) in [6.45, 7) is 8.89. The zero-order valence-electron chi connectivity index (χ0n) is 6.81. The number of allylic oxidation sites excluding steroid dienone is 2. The Morgan fingerprint density at radius 3 is 2.11 bits per heavy atom. The maximum atomic E-state index is 2.29. The Balaban J connectivity index is 3.71. The lowest BCUT2D eigenvalue weighted by Gasteiger charge is -2.09. The fourth-order valence-electron chi connectivity index (χ4n) is 0.455. The monoisotopic (exact) mass is 140 g/mol. The van der Waals surface area contributed by atoms with E-state index in [2.05, 4.69) is 45.5 Å². The molecule has 0 heterocycles. The maximum Gasteiger partial charge on any atom is -0.00115 e. The van der Waals surface area contributed by atoms with Gasteiger partial charge in [0.1, 0.15) is 0 Å². The molecule has 1 heteroatoms. The molecule has 0 N–H and O–H groups in total. The lowest BCUT2D eigenvalue weighted by molar-refractivity contribution is 0.764. The van der Waals surface area contributed by atoms with E-state index in [9.17, 15) is 0 Å². The van der Waals surface area contributed by atoms with Crippen molar-refractivity contribution in [1.82, 2.24) is 0 Å². The van der Waals surface area contributed by atoms with Gasteiger partial charge in [0.15, 0.2) is 0 Å². The second-order valence-corrected chi connectivity index (χ2v) is 5.70. The molecule has 0 aliphatic carbocycles. The van der Waals surface area contributed by atoms with Gasteiger partial charge >= 0.3 is 0 Å². The molecule has 0 aliphatic heterocycles. The minimum Gasteiger partial charge on any atom is -0.0881 e. The van der Waals surface area contributed by atoms with Crippen molar-refractivity contribution >= 4 is 14.8 Å². The van der Waals surface area contributed by atoms with Gasteiger partial charge < -0.3 is 0 Å². The van der Waals surface area contributed by atoms with Crippen LogP contribution in [0.1, 0.15) is 27.7 Å². The molecule has 0 amide bonds. The molecule has 0 atom stereocenters. The molecule has 0 rings (SSSR count). The van der Waals surface area contributed by atoms with E-state index in [1.807, 2.05) is 0 Å². The molecule has 0 nitrogen and oxygen atoms in total.